The summed E-state index contributed by atoms with van der Waals surface area (Å²) in [4.78, 5) is 1.82. The average molecular weight is 302 g/mol. The van der Waals surface area contributed by atoms with Crippen molar-refractivity contribution < 1.29 is 4.39 Å². The maximum Gasteiger partial charge on any atom is 0.173 e. The van der Waals surface area contributed by atoms with E-state index >= 15 is 0 Å². The zero-order valence-corrected chi connectivity index (χ0v) is 13.1. The minimum absolute atomic E-state index is 0.209. The minimum atomic E-state index is -0.209. The Balaban J connectivity index is 1.97. The summed E-state index contributed by atoms with van der Waals surface area (Å²) in [5, 5.41) is 3.74. The van der Waals surface area contributed by atoms with Gasteiger partial charge >= 0.3 is 0 Å². The molecular formula is C17H19FN2S. The van der Waals surface area contributed by atoms with Crippen molar-refractivity contribution in [3.05, 3.63) is 65.5 Å². The van der Waals surface area contributed by atoms with Gasteiger partial charge in [-0.3, -0.25) is 0 Å². The molecule has 0 amide bonds. The first kappa shape index (κ1) is 15.4. The molecule has 1 N–H and O–H groups in total. The van der Waals surface area contributed by atoms with Crippen molar-refractivity contribution in [2.75, 3.05) is 12.4 Å². The molecule has 0 spiro atoms. The molecular weight excluding hydrogens is 283 g/mol. The summed E-state index contributed by atoms with van der Waals surface area (Å²) in [6, 6.07) is 14.9. The maximum atomic E-state index is 13.6. The molecule has 0 heterocycles. The lowest BCUT2D eigenvalue weighted by atomic mass is 10.1. The molecule has 2 rings (SSSR count). The number of halogens is 1. The topological polar surface area (TPSA) is 15.3 Å². The third-order valence-electron chi connectivity index (χ3n) is 3.33. The first-order valence-electron chi connectivity index (χ1n) is 6.94. The Labute approximate surface area is 130 Å². The van der Waals surface area contributed by atoms with Gasteiger partial charge in [-0.1, -0.05) is 37.3 Å². The second-order valence-electron chi connectivity index (χ2n) is 4.93. The normalized spacial score (nSPS) is 10.2. The van der Waals surface area contributed by atoms with Crippen molar-refractivity contribution in [1.29, 1.82) is 0 Å². The summed E-state index contributed by atoms with van der Waals surface area (Å²) in [7, 11) is 1.85. The Morgan fingerprint density at radius 2 is 1.81 bits per heavy atom. The molecule has 0 fully saturated rings. The lowest BCUT2D eigenvalue weighted by Crippen LogP contribution is -2.30. The fourth-order valence-corrected chi connectivity index (χ4v) is 2.18. The molecule has 0 radical (unpaired) electrons. The van der Waals surface area contributed by atoms with Crippen molar-refractivity contribution in [2.24, 2.45) is 0 Å². The quantitative estimate of drug-likeness (QED) is 0.851. The van der Waals surface area contributed by atoms with Gasteiger partial charge in [-0.2, -0.15) is 0 Å². The predicted molar refractivity (Wildman–Crippen MR) is 89.9 cm³/mol. The van der Waals surface area contributed by atoms with Crippen LogP contribution in [-0.4, -0.2) is 17.1 Å². The molecule has 0 bridgehead atoms. The van der Waals surface area contributed by atoms with Gasteiger partial charge in [-0.25, -0.2) is 4.39 Å². The molecule has 0 atom stereocenters. The van der Waals surface area contributed by atoms with E-state index in [1.807, 2.05) is 30.1 Å². The number of aryl methyl sites for hydroxylation is 1. The summed E-state index contributed by atoms with van der Waals surface area (Å²) in [6.07, 6.45) is 1.01. The van der Waals surface area contributed by atoms with E-state index in [2.05, 4.69) is 24.4 Å². The molecule has 0 aliphatic rings. The Morgan fingerprint density at radius 1 is 1.14 bits per heavy atom. The lowest BCUT2D eigenvalue weighted by Gasteiger charge is -2.21. The van der Waals surface area contributed by atoms with Gasteiger partial charge in [-0.15, -0.1) is 0 Å². The molecule has 110 valence electrons. The van der Waals surface area contributed by atoms with Gasteiger partial charge in [0.1, 0.15) is 5.82 Å². The van der Waals surface area contributed by atoms with Gasteiger partial charge < -0.3 is 10.2 Å². The predicted octanol–water partition coefficient (Wildman–Crippen LogP) is 4.22. The standard InChI is InChI=1S/C17H19FN2S/c1-3-13-8-10-15(11-9-13)19-17(21)20(2)12-14-6-4-5-7-16(14)18/h4-11H,3,12H2,1-2H3,(H,19,21). The van der Waals surface area contributed by atoms with Crippen LogP contribution >= 0.6 is 12.2 Å². The van der Waals surface area contributed by atoms with Gasteiger partial charge in [0.25, 0.3) is 0 Å². The number of hydrogen-bond acceptors (Lipinski definition) is 1. The van der Waals surface area contributed by atoms with Crippen LogP contribution in [0.3, 0.4) is 0 Å². The van der Waals surface area contributed by atoms with Gasteiger partial charge in [0.05, 0.1) is 0 Å². The molecule has 0 unspecified atom stereocenters. The van der Waals surface area contributed by atoms with Crippen LogP contribution in [0.5, 0.6) is 0 Å². The van der Waals surface area contributed by atoms with E-state index in [0.717, 1.165) is 12.1 Å². The first-order valence-corrected chi connectivity index (χ1v) is 7.35. The van der Waals surface area contributed by atoms with E-state index in [0.29, 0.717) is 17.2 Å². The van der Waals surface area contributed by atoms with E-state index < -0.39 is 0 Å². The summed E-state index contributed by atoms with van der Waals surface area (Å²) >= 11 is 5.35. The molecule has 2 aromatic carbocycles. The number of thiocarbonyl (C=S) groups is 1. The Bertz CT molecular complexity index is 610. The van der Waals surface area contributed by atoms with Crippen LogP contribution in [0.1, 0.15) is 18.1 Å². The lowest BCUT2D eigenvalue weighted by molar-refractivity contribution is 0.486. The third kappa shape index (κ3) is 4.26. The van der Waals surface area contributed by atoms with Crippen molar-refractivity contribution in [3.63, 3.8) is 0 Å². The zero-order chi connectivity index (χ0) is 15.2. The van der Waals surface area contributed by atoms with Gasteiger partial charge in [0, 0.05) is 24.8 Å². The van der Waals surface area contributed by atoms with Crippen molar-refractivity contribution in [2.45, 2.75) is 19.9 Å². The van der Waals surface area contributed by atoms with Crippen molar-refractivity contribution >= 4 is 23.0 Å². The van der Waals surface area contributed by atoms with E-state index in [9.17, 15) is 4.39 Å². The number of nitrogens with zero attached hydrogens (tertiary/aromatic N) is 1. The molecule has 0 aromatic heterocycles. The SMILES string of the molecule is CCc1ccc(NC(=S)N(C)Cc2ccccc2F)cc1. The highest BCUT2D eigenvalue weighted by Gasteiger charge is 2.08. The fourth-order valence-electron chi connectivity index (χ4n) is 2.00. The fraction of sp³-hybridized carbons (Fsp3) is 0.235. The molecule has 2 nitrogen and oxygen atoms in total. The van der Waals surface area contributed by atoms with Crippen LogP contribution in [0.2, 0.25) is 0 Å². The van der Waals surface area contributed by atoms with E-state index in [1.165, 1.54) is 11.6 Å². The monoisotopic (exact) mass is 302 g/mol. The summed E-state index contributed by atoms with van der Waals surface area (Å²) in [5.74, 6) is -0.209. The highest BCUT2D eigenvalue weighted by atomic mass is 32.1. The van der Waals surface area contributed by atoms with Crippen molar-refractivity contribution in [1.82, 2.24) is 4.90 Å². The smallest absolute Gasteiger partial charge is 0.173 e. The van der Waals surface area contributed by atoms with Crippen LogP contribution in [0.25, 0.3) is 0 Å². The van der Waals surface area contributed by atoms with Gasteiger partial charge in [0.2, 0.25) is 0 Å². The Morgan fingerprint density at radius 3 is 2.43 bits per heavy atom. The number of benzene rings is 2. The second-order valence-corrected chi connectivity index (χ2v) is 5.31. The van der Waals surface area contributed by atoms with Gasteiger partial charge in [-0.05, 0) is 42.4 Å². The average Bonchev–Trinajstić information content (AvgIpc) is 2.50. The molecule has 0 saturated heterocycles. The second kappa shape index (κ2) is 7.18. The third-order valence-corrected chi connectivity index (χ3v) is 3.74. The highest BCUT2D eigenvalue weighted by molar-refractivity contribution is 7.80. The first-order chi connectivity index (χ1) is 10.1. The van der Waals surface area contributed by atoms with Crippen LogP contribution in [0.15, 0.2) is 48.5 Å². The Kier molecular flexibility index (Phi) is 5.28. The number of anilines is 1. The molecule has 0 saturated carbocycles. The molecule has 4 heteroatoms. The maximum absolute atomic E-state index is 13.6. The van der Waals surface area contributed by atoms with E-state index in [1.54, 1.807) is 12.1 Å². The number of rotatable bonds is 4. The van der Waals surface area contributed by atoms with Crippen molar-refractivity contribution in [3.8, 4) is 0 Å². The summed E-state index contributed by atoms with van der Waals surface area (Å²) in [6.45, 7) is 2.56. The summed E-state index contributed by atoms with van der Waals surface area (Å²) < 4.78 is 13.6. The molecule has 0 aliphatic heterocycles. The highest BCUT2D eigenvalue weighted by Crippen LogP contribution is 2.13. The van der Waals surface area contributed by atoms with E-state index in [-0.39, 0.29) is 5.82 Å². The zero-order valence-electron chi connectivity index (χ0n) is 12.3. The summed E-state index contributed by atoms with van der Waals surface area (Å²) in [5.41, 5.74) is 2.86. The van der Waals surface area contributed by atoms with Gasteiger partial charge in [0.15, 0.2) is 5.11 Å². The van der Waals surface area contributed by atoms with Crippen LogP contribution in [0, 0.1) is 5.82 Å². The number of nitrogens with one attached hydrogen (secondary N) is 1. The van der Waals surface area contributed by atoms with Crippen LogP contribution < -0.4 is 5.32 Å². The van der Waals surface area contributed by atoms with Crippen LogP contribution in [0.4, 0.5) is 10.1 Å². The molecule has 21 heavy (non-hydrogen) atoms. The minimum Gasteiger partial charge on any atom is -0.348 e. The van der Waals surface area contributed by atoms with E-state index in [4.69, 9.17) is 12.2 Å². The molecule has 0 aliphatic carbocycles. The molecule has 2 aromatic rings. The largest absolute Gasteiger partial charge is 0.348 e. The van der Waals surface area contributed by atoms with Crippen LogP contribution in [-0.2, 0) is 13.0 Å². The number of hydrogen-bond donors (Lipinski definition) is 1. The Hall–Kier alpha value is -1.94.